The lowest BCUT2D eigenvalue weighted by Crippen LogP contribution is -2.26. The SMILES string of the molecule is CC(=O)Nc1ccn(C2OCCS2)c(=O)n1. The Labute approximate surface area is 96.0 Å². The van der Waals surface area contributed by atoms with E-state index < -0.39 is 5.69 Å². The summed E-state index contributed by atoms with van der Waals surface area (Å²) in [6.45, 7) is 2.00. The fourth-order valence-electron chi connectivity index (χ4n) is 1.33. The minimum Gasteiger partial charge on any atom is -0.347 e. The second-order valence-corrected chi connectivity index (χ2v) is 4.38. The van der Waals surface area contributed by atoms with Crippen LogP contribution in [0.2, 0.25) is 0 Å². The highest BCUT2D eigenvalue weighted by atomic mass is 32.2. The first kappa shape index (κ1) is 11.2. The number of aromatic nitrogens is 2. The molecule has 1 N–H and O–H groups in total. The Morgan fingerprint density at radius 3 is 3.12 bits per heavy atom. The number of rotatable bonds is 2. The fraction of sp³-hybridized carbons (Fsp3) is 0.444. The second-order valence-electron chi connectivity index (χ2n) is 3.23. The number of thioether (sulfide) groups is 1. The van der Waals surface area contributed by atoms with E-state index in [1.54, 1.807) is 24.0 Å². The third kappa shape index (κ3) is 2.42. The van der Waals surface area contributed by atoms with Crippen molar-refractivity contribution in [3.05, 3.63) is 22.7 Å². The van der Waals surface area contributed by atoms with Crippen molar-refractivity contribution in [3.8, 4) is 0 Å². The Hall–Kier alpha value is -1.34. The summed E-state index contributed by atoms with van der Waals surface area (Å²) in [6.07, 6.45) is 1.57. The zero-order valence-electron chi connectivity index (χ0n) is 8.67. The van der Waals surface area contributed by atoms with Gasteiger partial charge in [0.05, 0.1) is 6.61 Å². The molecule has 1 saturated heterocycles. The molecule has 7 heteroatoms. The normalized spacial score (nSPS) is 19.7. The molecule has 0 spiro atoms. The average molecular weight is 241 g/mol. The third-order valence-corrected chi connectivity index (χ3v) is 3.02. The zero-order valence-corrected chi connectivity index (χ0v) is 9.49. The maximum absolute atomic E-state index is 11.6. The van der Waals surface area contributed by atoms with E-state index in [4.69, 9.17) is 4.74 Å². The van der Waals surface area contributed by atoms with Gasteiger partial charge in [-0.2, -0.15) is 4.98 Å². The number of nitrogens with zero attached hydrogens (tertiary/aromatic N) is 2. The standard InChI is InChI=1S/C9H11N3O3S/c1-6(13)10-7-2-3-12(8(14)11-7)9-15-4-5-16-9/h2-3,9H,4-5H2,1H3,(H,10,11,13,14). The summed E-state index contributed by atoms with van der Waals surface area (Å²) in [4.78, 5) is 26.1. The lowest BCUT2D eigenvalue weighted by atomic mass is 10.5. The van der Waals surface area contributed by atoms with Crippen LogP contribution in [0.1, 0.15) is 12.5 Å². The predicted octanol–water partition coefficient (Wildman–Crippen LogP) is 0.421. The highest BCUT2D eigenvalue weighted by molar-refractivity contribution is 7.99. The average Bonchev–Trinajstić information content (AvgIpc) is 2.69. The number of amides is 1. The summed E-state index contributed by atoms with van der Waals surface area (Å²) in [5.41, 5.74) is -0.725. The summed E-state index contributed by atoms with van der Waals surface area (Å²) in [5.74, 6) is 0.873. The van der Waals surface area contributed by atoms with Crippen molar-refractivity contribution >= 4 is 23.5 Å². The maximum atomic E-state index is 11.6. The van der Waals surface area contributed by atoms with E-state index in [0.29, 0.717) is 6.61 Å². The van der Waals surface area contributed by atoms with Gasteiger partial charge in [-0.25, -0.2) is 4.79 Å². The molecule has 1 unspecified atom stereocenters. The van der Waals surface area contributed by atoms with E-state index in [-0.39, 0.29) is 17.3 Å². The quantitative estimate of drug-likeness (QED) is 0.812. The Morgan fingerprint density at radius 2 is 2.56 bits per heavy atom. The van der Waals surface area contributed by atoms with Crippen LogP contribution in [0.25, 0.3) is 0 Å². The maximum Gasteiger partial charge on any atom is 0.352 e. The van der Waals surface area contributed by atoms with Gasteiger partial charge in [-0.3, -0.25) is 9.36 Å². The van der Waals surface area contributed by atoms with Crippen molar-refractivity contribution in [2.75, 3.05) is 17.7 Å². The summed E-state index contributed by atoms with van der Waals surface area (Å²) in [7, 11) is 0. The summed E-state index contributed by atoms with van der Waals surface area (Å²) in [6, 6.07) is 1.57. The van der Waals surface area contributed by atoms with Crippen molar-refractivity contribution in [1.82, 2.24) is 9.55 Å². The Balaban J connectivity index is 2.22. The number of hydrogen-bond donors (Lipinski definition) is 1. The van der Waals surface area contributed by atoms with E-state index in [1.165, 1.54) is 11.5 Å². The van der Waals surface area contributed by atoms with Crippen LogP contribution in [-0.2, 0) is 9.53 Å². The van der Waals surface area contributed by atoms with Crippen LogP contribution < -0.4 is 11.0 Å². The predicted molar refractivity (Wildman–Crippen MR) is 60.2 cm³/mol. The van der Waals surface area contributed by atoms with Crippen LogP contribution in [0, 0.1) is 0 Å². The minimum absolute atomic E-state index is 0.254. The molecule has 0 saturated carbocycles. The minimum atomic E-state index is -0.425. The summed E-state index contributed by atoms with van der Waals surface area (Å²) >= 11 is 1.54. The smallest absolute Gasteiger partial charge is 0.347 e. The summed E-state index contributed by atoms with van der Waals surface area (Å²) < 4.78 is 6.75. The molecule has 0 radical (unpaired) electrons. The highest BCUT2D eigenvalue weighted by Gasteiger charge is 2.19. The molecule has 0 bridgehead atoms. The zero-order chi connectivity index (χ0) is 11.5. The van der Waals surface area contributed by atoms with Gasteiger partial charge in [-0.15, -0.1) is 11.8 Å². The first-order chi connectivity index (χ1) is 7.66. The third-order valence-electron chi connectivity index (χ3n) is 1.97. The van der Waals surface area contributed by atoms with Gasteiger partial charge in [0.15, 0.2) is 5.56 Å². The molecule has 0 aromatic carbocycles. The summed E-state index contributed by atoms with van der Waals surface area (Å²) in [5, 5.41) is 2.45. The van der Waals surface area contributed by atoms with Gasteiger partial charge in [-0.05, 0) is 6.07 Å². The molecule has 1 aliphatic heterocycles. The number of carbonyl (C=O) groups is 1. The molecule has 86 valence electrons. The van der Waals surface area contributed by atoms with Gasteiger partial charge < -0.3 is 10.1 Å². The molecule has 1 amide bonds. The molecule has 0 aliphatic carbocycles. The number of anilines is 1. The molecule has 2 heterocycles. The van der Waals surface area contributed by atoms with Crippen molar-refractivity contribution in [2.45, 2.75) is 12.5 Å². The molecule has 1 aromatic heterocycles. The van der Waals surface area contributed by atoms with Gasteiger partial charge >= 0.3 is 5.69 Å². The van der Waals surface area contributed by atoms with E-state index in [1.807, 2.05) is 0 Å². The molecular formula is C9H11N3O3S. The molecule has 1 aromatic rings. The first-order valence-corrected chi connectivity index (χ1v) is 5.81. The van der Waals surface area contributed by atoms with Crippen molar-refractivity contribution in [2.24, 2.45) is 0 Å². The van der Waals surface area contributed by atoms with Gasteiger partial charge in [0.25, 0.3) is 0 Å². The monoisotopic (exact) mass is 241 g/mol. The van der Waals surface area contributed by atoms with Crippen molar-refractivity contribution in [1.29, 1.82) is 0 Å². The molecular weight excluding hydrogens is 230 g/mol. The Kier molecular flexibility index (Phi) is 3.25. The van der Waals surface area contributed by atoms with Gasteiger partial charge in [0.1, 0.15) is 5.82 Å². The van der Waals surface area contributed by atoms with Crippen LogP contribution in [-0.4, -0.2) is 27.8 Å². The number of nitrogens with one attached hydrogen (secondary N) is 1. The number of hydrogen-bond acceptors (Lipinski definition) is 5. The molecule has 6 nitrogen and oxygen atoms in total. The van der Waals surface area contributed by atoms with Crippen LogP contribution in [0.5, 0.6) is 0 Å². The lowest BCUT2D eigenvalue weighted by molar-refractivity contribution is -0.114. The fourth-order valence-corrected chi connectivity index (χ4v) is 2.24. The van der Waals surface area contributed by atoms with Crippen LogP contribution in [0.15, 0.2) is 17.1 Å². The molecule has 1 aliphatic rings. The van der Waals surface area contributed by atoms with Gasteiger partial charge in [0.2, 0.25) is 5.91 Å². The molecule has 1 fully saturated rings. The van der Waals surface area contributed by atoms with Crippen LogP contribution >= 0.6 is 11.8 Å². The second kappa shape index (κ2) is 4.67. The van der Waals surface area contributed by atoms with E-state index in [9.17, 15) is 9.59 Å². The van der Waals surface area contributed by atoms with E-state index in [0.717, 1.165) is 5.75 Å². The Morgan fingerprint density at radius 1 is 1.75 bits per heavy atom. The molecule has 2 rings (SSSR count). The van der Waals surface area contributed by atoms with Gasteiger partial charge in [0, 0.05) is 18.9 Å². The largest absolute Gasteiger partial charge is 0.352 e. The number of ether oxygens (including phenoxy) is 1. The highest BCUT2D eigenvalue weighted by Crippen LogP contribution is 2.28. The van der Waals surface area contributed by atoms with Crippen molar-refractivity contribution in [3.63, 3.8) is 0 Å². The first-order valence-electron chi connectivity index (χ1n) is 4.77. The Bertz CT molecular complexity index is 454. The van der Waals surface area contributed by atoms with Crippen molar-refractivity contribution < 1.29 is 9.53 Å². The number of carbonyl (C=O) groups excluding carboxylic acids is 1. The lowest BCUT2D eigenvalue weighted by Gasteiger charge is -2.11. The van der Waals surface area contributed by atoms with Crippen LogP contribution in [0.4, 0.5) is 5.82 Å². The van der Waals surface area contributed by atoms with E-state index in [2.05, 4.69) is 10.3 Å². The molecule has 1 atom stereocenters. The van der Waals surface area contributed by atoms with Crippen LogP contribution in [0.3, 0.4) is 0 Å². The van der Waals surface area contributed by atoms with E-state index >= 15 is 0 Å². The topological polar surface area (TPSA) is 73.2 Å². The molecule has 16 heavy (non-hydrogen) atoms. The van der Waals surface area contributed by atoms with Gasteiger partial charge in [-0.1, -0.05) is 0 Å².